The van der Waals surface area contributed by atoms with E-state index in [1.165, 1.54) is 0 Å². The summed E-state index contributed by atoms with van der Waals surface area (Å²) in [5.41, 5.74) is 1.66. The lowest BCUT2D eigenvalue weighted by atomic mass is 9.97. The quantitative estimate of drug-likeness (QED) is 0.570. The number of esters is 1. The maximum atomic E-state index is 13.3. The van der Waals surface area contributed by atoms with Gasteiger partial charge in [-0.25, -0.2) is 4.68 Å². The average molecular weight is 428 g/mol. The summed E-state index contributed by atoms with van der Waals surface area (Å²) in [7, 11) is 0. The van der Waals surface area contributed by atoms with Gasteiger partial charge < -0.3 is 14.1 Å². The molecule has 0 bridgehead atoms. The van der Waals surface area contributed by atoms with Crippen molar-refractivity contribution in [1.82, 2.24) is 14.7 Å². The molecule has 0 unspecified atom stereocenters. The maximum Gasteiger partial charge on any atom is 0.309 e. The Balaban J connectivity index is 1.61. The molecule has 0 spiro atoms. The van der Waals surface area contributed by atoms with Gasteiger partial charge in [0.05, 0.1) is 24.5 Å². The smallest absolute Gasteiger partial charge is 0.309 e. The van der Waals surface area contributed by atoms with Crippen molar-refractivity contribution in [3.05, 3.63) is 59.4 Å². The lowest BCUT2D eigenvalue weighted by Crippen LogP contribution is -2.41. The molecule has 30 heavy (non-hydrogen) atoms. The first-order chi connectivity index (χ1) is 14.6. The minimum atomic E-state index is -0.186. The molecule has 1 aromatic carbocycles. The normalized spacial score (nSPS) is 14.7. The number of carbonyl (C=O) groups is 2. The predicted octanol–water partition coefficient (Wildman–Crippen LogP) is 4.20. The van der Waals surface area contributed by atoms with Gasteiger partial charge in [-0.3, -0.25) is 9.59 Å². The molecule has 1 fully saturated rings. The fourth-order valence-electron chi connectivity index (χ4n) is 3.62. The number of furan rings is 1. The molecule has 1 amide bonds. The number of hydrogen-bond acceptors (Lipinski definition) is 5. The van der Waals surface area contributed by atoms with Crippen LogP contribution in [0, 0.1) is 5.92 Å². The molecule has 4 rings (SSSR count). The Bertz CT molecular complexity index is 1040. The third kappa shape index (κ3) is 4.11. The third-order valence-electron chi connectivity index (χ3n) is 5.16. The molecular formula is C22H22ClN3O4. The fourth-order valence-corrected chi connectivity index (χ4v) is 3.81. The van der Waals surface area contributed by atoms with E-state index in [2.05, 4.69) is 5.10 Å². The van der Waals surface area contributed by atoms with Crippen molar-refractivity contribution in [1.29, 1.82) is 0 Å². The summed E-state index contributed by atoms with van der Waals surface area (Å²) in [5.74, 6) is 0.0765. The van der Waals surface area contributed by atoms with Gasteiger partial charge in [-0.15, -0.1) is 0 Å². The molecule has 0 atom stereocenters. The molecule has 156 valence electrons. The van der Waals surface area contributed by atoms with E-state index >= 15 is 0 Å². The molecule has 8 heteroatoms. The summed E-state index contributed by atoms with van der Waals surface area (Å²) in [5, 5.41) is 5.14. The van der Waals surface area contributed by atoms with Gasteiger partial charge in [-0.1, -0.05) is 17.7 Å². The summed E-state index contributed by atoms with van der Waals surface area (Å²) in [6, 6.07) is 12.5. The molecule has 0 radical (unpaired) electrons. The van der Waals surface area contributed by atoms with E-state index in [-0.39, 0.29) is 17.8 Å². The van der Waals surface area contributed by atoms with Crippen LogP contribution in [0.25, 0.3) is 17.1 Å². The van der Waals surface area contributed by atoms with Crippen molar-refractivity contribution in [3.63, 3.8) is 0 Å². The first-order valence-corrected chi connectivity index (χ1v) is 10.3. The van der Waals surface area contributed by atoms with Gasteiger partial charge in [0, 0.05) is 24.2 Å². The van der Waals surface area contributed by atoms with Crippen molar-refractivity contribution >= 4 is 23.5 Å². The number of likely N-dealkylation sites (tertiary alicyclic amines) is 1. The van der Waals surface area contributed by atoms with E-state index < -0.39 is 0 Å². The van der Waals surface area contributed by atoms with Gasteiger partial charge >= 0.3 is 5.97 Å². The van der Waals surface area contributed by atoms with Crippen LogP contribution in [0.1, 0.15) is 30.3 Å². The highest BCUT2D eigenvalue weighted by Gasteiger charge is 2.30. The second kappa shape index (κ2) is 8.75. The molecule has 1 aliphatic heterocycles. The van der Waals surface area contributed by atoms with Crippen LogP contribution in [0.4, 0.5) is 0 Å². The Morgan fingerprint density at radius 3 is 2.67 bits per heavy atom. The highest BCUT2D eigenvalue weighted by molar-refractivity contribution is 6.30. The molecule has 0 N–H and O–H groups in total. The minimum absolute atomic E-state index is 0.150. The number of nitrogens with zero attached hydrogens (tertiary/aromatic N) is 3. The standard InChI is InChI=1S/C22H22ClN3O4/c1-2-29-22(28)15-8-10-25(11-9-15)21(27)19-14-18(20-7-4-12-30-20)24-26(19)17-6-3-5-16(23)13-17/h3-7,12-15H,2,8-11H2,1H3. The second-order valence-corrected chi connectivity index (χ2v) is 7.54. The van der Waals surface area contributed by atoms with Crippen molar-refractivity contribution in [3.8, 4) is 17.1 Å². The van der Waals surface area contributed by atoms with Crippen molar-refractivity contribution in [2.24, 2.45) is 5.92 Å². The van der Waals surface area contributed by atoms with Gasteiger partial charge in [-0.05, 0) is 50.1 Å². The van der Waals surface area contributed by atoms with Crippen LogP contribution in [0.15, 0.2) is 53.1 Å². The zero-order chi connectivity index (χ0) is 21.1. The van der Waals surface area contributed by atoms with Crippen molar-refractivity contribution in [2.75, 3.05) is 19.7 Å². The Morgan fingerprint density at radius 2 is 2.00 bits per heavy atom. The van der Waals surface area contributed by atoms with Crippen molar-refractivity contribution < 1.29 is 18.7 Å². The number of aromatic nitrogens is 2. The largest absolute Gasteiger partial charge is 0.466 e. The van der Waals surface area contributed by atoms with Crippen LogP contribution in [-0.4, -0.2) is 46.3 Å². The minimum Gasteiger partial charge on any atom is -0.466 e. The van der Waals surface area contributed by atoms with Gasteiger partial charge in [0.1, 0.15) is 11.4 Å². The third-order valence-corrected chi connectivity index (χ3v) is 5.39. The molecule has 3 heterocycles. The lowest BCUT2D eigenvalue weighted by molar-refractivity contribution is -0.149. The van der Waals surface area contributed by atoms with E-state index in [4.69, 9.17) is 20.8 Å². The highest BCUT2D eigenvalue weighted by Crippen LogP contribution is 2.26. The van der Waals surface area contributed by atoms with E-state index in [9.17, 15) is 9.59 Å². The zero-order valence-corrected chi connectivity index (χ0v) is 17.3. The molecule has 2 aromatic heterocycles. The topological polar surface area (TPSA) is 77.6 Å². The van der Waals surface area contributed by atoms with Crippen LogP contribution in [0.2, 0.25) is 5.02 Å². The monoisotopic (exact) mass is 427 g/mol. The van der Waals surface area contributed by atoms with Gasteiger partial charge in [-0.2, -0.15) is 5.10 Å². The van der Waals surface area contributed by atoms with E-state index in [0.29, 0.717) is 60.4 Å². The molecule has 0 aliphatic carbocycles. The predicted molar refractivity (Wildman–Crippen MR) is 112 cm³/mol. The number of hydrogen-bond donors (Lipinski definition) is 0. The van der Waals surface area contributed by atoms with Gasteiger partial charge in [0.2, 0.25) is 0 Å². The number of amides is 1. The van der Waals surface area contributed by atoms with Crippen LogP contribution in [0.3, 0.4) is 0 Å². The highest BCUT2D eigenvalue weighted by atomic mass is 35.5. The molecule has 1 saturated heterocycles. The van der Waals surface area contributed by atoms with Gasteiger partial charge in [0.15, 0.2) is 5.76 Å². The molecule has 7 nitrogen and oxygen atoms in total. The first-order valence-electron chi connectivity index (χ1n) is 9.92. The van der Waals surface area contributed by atoms with Gasteiger partial charge in [0.25, 0.3) is 5.91 Å². The Kier molecular flexibility index (Phi) is 5.90. The SMILES string of the molecule is CCOC(=O)C1CCN(C(=O)c2cc(-c3ccco3)nn2-c2cccc(Cl)c2)CC1. The fraction of sp³-hybridized carbons (Fsp3) is 0.318. The Hall–Kier alpha value is -3.06. The summed E-state index contributed by atoms with van der Waals surface area (Å²) < 4.78 is 12.2. The Morgan fingerprint density at radius 1 is 1.20 bits per heavy atom. The van der Waals surface area contributed by atoms with E-state index in [1.807, 2.05) is 12.1 Å². The molecule has 0 saturated carbocycles. The Labute approximate surface area is 179 Å². The van der Waals surface area contributed by atoms with Crippen LogP contribution in [-0.2, 0) is 9.53 Å². The van der Waals surface area contributed by atoms with E-state index in [1.54, 1.807) is 53.1 Å². The number of piperidine rings is 1. The summed E-state index contributed by atoms with van der Waals surface area (Å²) in [4.78, 5) is 27.1. The summed E-state index contributed by atoms with van der Waals surface area (Å²) in [6.45, 7) is 3.13. The maximum absolute atomic E-state index is 13.3. The lowest BCUT2D eigenvalue weighted by Gasteiger charge is -2.30. The van der Waals surface area contributed by atoms with Crippen LogP contribution < -0.4 is 0 Å². The first kappa shape index (κ1) is 20.2. The molecular weight excluding hydrogens is 406 g/mol. The number of rotatable bonds is 5. The summed E-state index contributed by atoms with van der Waals surface area (Å²) in [6.07, 6.45) is 2.73. The van der Waals surface area contributed by atoms with E-state index in [0.717, 1.165) is 0 Å². The van der Waals surface area contributed by atoms with Crippen LogP contribution in [0.5, 0.6) is 0 Å². The van der Waals surface area contributed by atoms with Crippen molar-refractivity contribution in [2.45, 2.75) is 19.8 Å². The number of carbonyl (C=O) groups excluding carboxylic acids is 2. The number of ether oxygens (including phenoxy) is 1. The average Bonchev–Trinajstić information content (AvgIpc) is 3.43. The van der Waals surface area contributed by atoms with Crippen LogP contribution >= 0.6 is 11.6 Å². The molecule has 1 aliphatic rings. The number of benzene rings is 1. The molecule has 3 aromatic rings. The second-order valence-electron chi connectivity index (χ2n) is 7.10. The zero-order valence-electron chi connectivity index (χ0n) is 16.6. The number of halogens is 1. The summed E-state index contributed by atoms with van der Waals surface area (Å²) >= 11 is 6.15.